The third-order valence-electron chi connectivity index (χ3n) is 2.36. The highest BCUT2D eigenvalue weighted by Crippen LogP contribution is 2.32. The van der Waals surface area contributed by atoms with Gasteiger partial charge in [-0.2, -0.15) is 0 Å². The van der Waals surface area contributed by atoms with Crippen molar-refractivity contribution in [2.24, 2.45) is 0 Å². The van der Waals surface area contributed by atoms with Crippen LogP contribution >= 0.6 is 0 Å². The molecule has 1 heterocycles. The zero-order valence-corrected chi connectivity index (χ0v) is 8.45. The summed E-state index contributed by atoms with van der Waals surface area (Å²) in [7, 11) is 0.0253. The number of nitrogens with one attached hydrogen (secondary N) is 1. The number of benzene rings is 1. The first kappa shape index (κ1) is 8.73. The summed E-state index contributed by atoms with van der Waals surface area (Å²) in [5.41, 5.74) is 0.567. The van der Waals surface area contributed by atoms with Gasteiger partial charge in [-0.15, -0.1) is 0 Å². The molecule has 15 heavy (non-hydrogen) atoms. The van der Waals surface area contributed by atoms with Gasteiger partial charge < -0.3 is 14.8 Å². The predicted molar refractivity (Wildman–Crippen MR) is 55.4 cm³/mol. The molecular weight excluding hydrogens is 194 g/mol. The quantitative estimate of drug-likeness (QED) is 0.758. The molecule has 0 bridgehead atoms. The summed E-state index contributed by atoms with van der Waals surface area (Å²) in [5, 5.41) is 2.76. The van der Waals surface area contributed by atoms with Gasteiger partial charge in [0.25, 0.3) is 0 Å². The average molecular weight is 208 g/mol. The average Bonchev–Trinajstić information content (AvgIpc) is 2.75. The van der Waals surface area contributed by atoms with E-state index in [-0.39, 0.29) is 25.6 Å². The first-order chi connectivity index (χ1) is 7.72. The summed E-state index contributed by atoms with van der Waals surface area (Å²) in [6, 6.07) is 4.74. The van der Waals surface area contributed by atoms with Gasteiger partial charge in [0.1, 0.15) is 0 Å². The fourth-order valence-electron chi connectivity index (χ4n) is 1.39. The number of carbonyl (C=O) groups excluding carboxylic acids is 1. The minimum absolute atomic E-state index is 0.0253. The minimum atomic E-state index is -0.363. The highest BCUT2D eigenvalue weighted by molar-refractivity contribution is 6.00. The van der Waals surface area contributed by atoms with Crippen LogP contribution in [0.3, 0.4) is 0 Å². The molecule has 0 amide bonds. The van der Waals surface area contributed by atoms with Crippen LogP contribution in [-0.2, 0) is 0 Å². The molecule has 1 aliphatic rings. The van der Waals surface area contributed by atoms with E-state index >= 15 is 0 Å². The van der Waals surface area contributed by atoms with Crippen molar-refractivity contribution in [3.05, 3.63) is 23.8 Å². The summed E-state index contributed by atoms with van der Waals surface area (Å²) in [5.74, 6) is 1.21. The van der Waals surface area contributed by atoms with E-state index in [0.717, 1.165) is 0 Å². The number of Topliss-reactive ketones (excluding diaryl/α,β-unsaturated/α-hetero) is 1. The molecular formula is C11H13NO3. The van der Waals surface area contributed by atoms with Crippen molar-refractivity contribution in [2.45, 2.75) is 13.0 Å². The standard InChI is InChI=1S/C11H13NO3/c1-7(12-2)11(13)8-3-4-9-10(5-8)15-6-14-9/h3-5,7,12H,6H2,1-2H3/i2D. The van der Waals surface area contributed by atoms with Gasteiger partial charge in [0.15, 0.2) is 17.3 Å². The number of carbonyl (C=O) groups is 1. The lowest BCUT2D eigenvalue weighted by Gasteiger charge is -2.09. The van der Waals surface area contributed by atoms with E-state index in [4.69, 9.17) is 10.8 Å². The Balaban J connectivity index is 2.18. The first-order valence-electron chi connectivity index (χ1n) is 5.39. The van der Waals surface area contributed by atoms with E-state index in [1.807, 2.05) is 0 Å². The van der Waals surface area contributed by atoms with Crippen molar-refractivity contribution >= 4 is 5.78 Å². The number of likely N-dealkylation sites (N-methyl/N-ethyl adjacent to an activating group) is 1. The molecule has 2 rings (SSSR count). The van der Waals surface area contributed by atoms with Crippen molar-refractivity contribution in [3.8, 4) is 11.5 Å². The number of hydrogen-bond acceptors (Lipinski definition) is 4. The summed E-state index contributed by atoms with van der Waals surface area (Å²) in [4.78, 5) is 11.9. The predicted octanol–water partition coefficient (Wildman–Crippen LogP) is 1.21. The van der Waals surface area contributed by atoms with Crippen molar-refractivity contribution in [1.29, 1.82) is 0 Å². The second-order valence-electron chi connectivity index (χ2n) is 3.36. The van der Waals surface area contributed by atoms with Crippen LogP contribution in [0.2, 0.25) is 0 Å². The van der Waals surface area contributed by atoms with Gasteiger partial charge in [-0.1, -0.05) is 0 Å². The van der Waals surface area contributed by atoms with Gasteiger partial charge in [0, 0.05) is 6.93 Å². The molecule has 0 radical (unpaired) electrons. The van der Waals surface area contributed by atoms with Crippen LogP contribution in [0.1, 0.15) is 18.7 Å². The van der Waals surface area contributed by atoms with Crippen LogP contribution in [0.4, 0.5) is 0 Å². The smallest absolute Gasteiger partial charge is 0.231 e. The summed E-state index contributed by atoms with van der Waals surface area (Å²) < 4.78 is 17.4. The molecule has 4 heteroatoms. The van der Waals surface area contributed by atoms with E-state index in [1.54, 1.807) is 25.1 Å². The van der Waals surface area contributed by atoms with Gasteiger partial charge >= 0.3 is 0 Å². The lowest BCUT2D eigenvalue weighted by molar-refractivity contribution is 0.0954. The van der Waals surface area contributed by atoms with Crippen molar-refractivity contribution in [1.82, 2.24) is 5.32 Å². The molecule has 1 atom stereocenters. The molecule has 0 aromatic heterocycles. The SMILES string of the molecule is [2H]CNC(C)C(=O)c1ccc2c(c1)OCO2. The number of rotatable bonds is 3. The lowest BCUT2D eigenvalue weighted by Crippen LogP contribution is -2.30. The van der Waals surface area contributed by atoms with Crippen molar-refractivity contribution in [2.75, 3.05) is 13.8 Å². The summed E-state index contributed by atoms with van der Waals surface area (Å²) >= 11 is 0. The number of fused-ring (bicyclic) bond motifs is 1. The Labute approximate surface area is 89.6 Å². The van der Waals surface area contributed by atoms with Crippen LogP contribution in [0, 0.1) is 0 Å². The van der Waals surface area contributed by atoms with Gasteiger partial charge in [-0.3, -0.25) is 4.79 Å². The maximum absolute atomic E-state index is 11.9. The molecule has 1 aromatic rings. The number of ketones is 1. The third kappa shape index (κ3) is 1.80. The van der Waals surface area contributed by atoms with Gasteiger partial charge in [-0.05, 0) is 32.1 Å². The Kier molecular flexibility index (Phi) is 2.27. The van der Waals surface area contributed by atoms with Crippen LogP contribution in [0.15, 0.2) is 18.2 Å². The number of hydrogen-bond donors (Lipinski definition) is 1. The van der Waals surface area contributed by atoms with E-state index in [9.17, 15) is 4.79 Å². The largest absolute Gasteiger partial charge is 0.454 e. The van der Waals surface area contributed by atoms with Gasteiger partial charge in [0.2, 0.25) is 6.79 Å². The maximum Gasteiger partial charge on any atom is 0.231 e. The van der Waals surface area contributed by atoms with Crippen molar-refractivity contribution < 1.29 is 15.6 Å². The molecule has 1 unspecified atom stereocenters. The molecule has 4 nitrogen and oxygen atoms in total. The first-order valence-corrected chi connectivity index (χ1v) is 4.69. The highest BCUT2D eigenvalue weighted by atomic mass is 16.7. The molecule has 1 N–H and O–H groups in total. The molecule has 0 saturated carbocycles. The molecule has 1 aromatic carbocycles. The Bertz CT molecular complexity index is 408. The Hall–Kier alpha value is -1.55. The van der Waals surface area contributed by atoms with Crippen molar-refractivity contribution in [3.63, 3.8) is 0 Å². The van der Waals surface area contributed by atoms with E-state index in [2.05, 4.69) is 5.32 Å². The fraction of sp³-hybridized carbons (Fsp3) is 0.364. The van der Waals surface area contributed by atoms with E-state index < -0.39 is 0 Å². The Morgan fingerprint density at radius 3 is 3.13 bits per heavy atom. The second-order valence-corrected chi connectivity index (χ2v) is 3.36. The van der Waals surface area contributed by atoms with Crippen LogP contribution in [-0.4, -0.2) is 25.6 Å². The molecule has 80 valence electrons. The third-order valence-corrected chi connectivity index (χ3v) is 2.36. The minimum Gasteiger partial charge on any atom is -0.454 e. The second kappa shape index (κ2) is 3.90. The molecule has 1 aliphatic heterocycles. The zero-order chi connectivity index (χ0) is 11.5. The molecule has 0 saturated heterocycles. The Morgan fingerprint density at radius 2 is 2.33 bits per heavy atom. The van der Waals surface area contributed by atoms with E-state index in [0.29, 0.717) is 17.1 Å². The lowest BCUT2D eigenvalue weighted by atomic mass is 10.1. The molecule has 0 aliphatic carbocycles. The van der Waals surface area contributed by atoms with Crippen LogP contribution in [0.25, 0.3) is 0 Å². The van der Waals surface area contributed by atoms with Crippen LogP contribution in [0.5, 0.6) is 11.5 Å². The number of ether oxygens (including phenoxy) is 2. The summed E-state index contributed by atoms with van der Waals surface area (Å²) in [6.07, 6.45) is 0. The maximum atomic E-state index is 11.9. The van der Waals surface area contributed by atoms with Gasteiger partial charge in [-0.25, -0.2) is 0 Å². The highest BCUT2D eigenvalue weighted by Gasteiger charge is 2.18. The molecule has 0 fully saturated rings. The zero-order valence-electron chi connectivity index (χ0n) is 9.45. The fourth-order valence-corrected chi connectivity index (χ4v) is 1.39. The normalized spacial score (nSPS) is 15.9. The summed E-state index contributed by atoms with van der Waals surface area (Å²) in [6.45, 7) is 1.94. The monoisotopic (exact) mass is 208 g/mol. The van der Waals surface area contributed by atoms with Crippen LogP contribution < -0.4 is 14.8 Å². The topological polar surface area (TPSA) is 47.6 Å². The molecule has 0 spiro atoms. The van der Waals surface area contributed by atoms with Gasteiger partial charge in [0.05, 0.1) is 6.04 Å². The van der Waals surface area contributed by atoms with E-state index in [1.165, 1.54) is 0 Å². The Morgan fingerprint density at radius 1 is 1.53 bits per heavy atom.